The van der Waals surface area contributed by atoms with Gasteiger partial charge in [-0.15, -0.1) is 0 Å². The fourth-order valence-electron chi connectivity index (χ4n) is 0.630. The van der Waals surface area contributed by atoms with Gasteiger partial charge in [0.1, 0.15) is 0 Å². The number of esters is 1. The van der Waals surface area contributed by atoms with Crippen molar-refractivity contribution >= 4 is 5.97 Å². The van der Waals surface area contributed by atoms with Crippen LogP contribution in [0, 0.1) is 0 Å². The fraction of sp³-hybridized carbons (Fsp3) is 0.667. The zero-order valence-corrected chi connectivity index (χ0v) is 7.71. The largest absolute Gasteiger partial charge is 0.463 e. The number of hydrogen-bond acceptors (Lipinski definition) is 3. The molecule has 0 aromatic carbocycles. The van der Waals surface area contributed by atoms with Crippen molar-refractivity contribution in [3.05, 3.63) is 12.2 Å². The summed E-state index contributed by atoms with van der Waals surface area (Å²) in [6, 6.07) is 0. The van der Waals surface area contributed by atoms with Gasteiger partial charge in [-0.1, -0.05) is 13.0 Å². The molecule has 0 atom stereocenters. The standard InChI is InChI=1S/C9H16O3/c1-3-7-11-8-5-6-9(10)12-4-2/h5-6H,3-4,7-8H2,1-2H3/b6-5-. The summed E-state index contributed by atoms with van der Waals surface area (Å²) in [6.45, 7) is 5.44. The lowest BCUT2D eigenvalue weighted by atomic mass is 10.5. The summed E-state index contributed by atoms with van der Waals surface area (Å²) in [5.74, 6) is -0.308. The van der Waals surface area contributed by atoms with Crippen LogP contribution in [0.15, 0.2) is 12.2 Å². The Labute approximate surface area is 73.4 Å². The Morgan fingerprint density at radius 1 is 1.42 bits per heavy atom. The van der Waals surface area contributed by atoms with Crippen molar-refractivity contribution in [2.45, 2.75) is 20.3 Å². The summed E-state index contributed by atoms with van der Waals surface area (Å²) >= 11 is 0. The molecule has 0 saturated heterocycles. The molecular formula is C9H16O3. The molecule has 0 unspecified atom stereocenters. The highest BCUT2D eigenvalue weighted by molar-refractivity contribution is 5.81. The first kappa shape index (κ1) is 11.2. The normalized spacial score (nSPS) is 10.5. The Morgan fingerprint density at radius 3 is 2.75 bits per heavy atom. The average molecular weight is 172 g/mol. The molecule has 0 bridgehead atoms. The second-order valence-electron chi connectivity index (χ2n) is 2.23. The lowest BCUT2D eigenvalue weighted by molar-refractivity contribution is -0.137. The smallest absolute Gasteiger partial charge is 0.330 e. The van der Waals surface area contributed by atoms with E-state index in [1.54, 1.807) is 13.0 Å². The molecule has 0 radical (unpaired) electrons. The lowest BCUT2D eigenvalue weighted by Crippen LogP contribution is -2.00. The second-order valence-corrected chi connectivity index (χ2v) is 2.23. The van der Waals surface area contributed by atoms with Gasteiger partial charge in [-0.05, 0) is 13.3 Å². The van der Waals surface area contributed by atoms with Crippen LogP contribution in [0.25, 0.3) is 0 Å². The molecule has 0 amide bonds. The van der Waals surface area contributed by atoms with E-state index in [0.29, 0.717) is 13.2 Å². The first-order valence-electron chi connectivity index (χ1n) is 4.22. The van der Waals surface area contributed by atoms with Crippen molar-refractivity contribution in [3.8, 4) is 0 Å². The van der Waals surface area contributed by atoms with Crippen LogP contribution in [0.5, 0.6) is 0 Å². The number of rotatable bonds is 6. The van der Waals surface area contributed by atoms with Crippen molar-refractivity contribution in [2.75, 3.05) is 19.8 Å². The maximum atomic E-state index is 10.7. The van der Waals surface area contributed by atoms with E-state index in [0.717, 1.165) is 13.0 Å². The van der Waals surface area contributed by atoms with Crippen LogP contribution in [0.1, 0.15) is 20.3 Å². The van der Waals surface area contributed by atoms with Crippen LogP contribution >= 0.6 is 0 Å². The van der Waals surface area contributed by atoms with E-state index in [9.17, 15) is 4.79 Å². The monoisotopic (exact) mass is 172 g/mol. The van der Waals surface area contributed by atoms with Gasteiger partial charge in [-0.25, -0.2) is 4.79 Å². The van der Waals surface area contributed by atoms with Crippen molar-refractivity contribution in [2.24, 2.45) is 0 Å². The Hall–Kier alpha value is -0.830. The van der Waals surface area contributed by atoms with E-state index in [1.807, 2.05) is 6.92 Å². The van der Waals surface area contributed by atoms with Crippen LogP contribution in [-0.4, -0.2) is 25.8 Å². The summed E-state index contributed by atoms with van der Waals surface area (Å²) < 4.78 is 9.78. The van der Waals surface area contributed by atoms with Crippen LogP contribution in [-0.2, 0) is 14.3 Å². The molecule has 12 heavy (non-hydrogen) atoms. The van der Waals surface area contributed by atoms with E-state index in [4.69, 9.17) is 4.74 Å². The Balaban J connectivity index is 3.29. The molecule has 0 aromatic heterocycles. The molecule has 3 heteroatoms. The van der Waals surface area contributed by atoms with E-state index in [2.05, 4.69) is 4.74 Å². The van der Waals surface area contributed by atoms with E-state index in [-0.39, 0.29) is 5.97 Å². The van der Waals surface area contributed by atoms with Crippen molar-refractivity contribution in [3.63, 3.8) is 0 Å². The number of ether oxygens (including phenoxy) is 2. The zero-order chi connectivity index (χ0) is 9.23. The van der Waals surface area contributed by atoms with Gasteiger partial charge in [0.05, 0.1) is 13.2 Å². The summed E-state index contributed by atoms with van der Waals surface area (Å²) in [6.07, 6.45) is 4.04. The lowest BCUT2D eigenvalue weighted by Gasteiger charge is -1.96. The third-order valence-electron chi connectivity index (χ3n) is 1.10. The molecule has 0 aromatic rings. The van der Waals surface area contributed by atoms with E-state index in [1.165, 1.54) is 6.08 Å². The highest BCUT2D eigenvalue weighted by Crippen LogP contribution is 1.84. The highest BCUT2D eigenvalue weighted by atomic mass is 16.5. The molecule has 0 aliphatic heterocycles. The topological polar surface area (TPSA) is 35.5 Å². The first-order valence-corrected chi connectivity index (χ1v) is 4.22. The molecule has 3 nitrogen and oxygen atoms in total. The SMILES string of the molecule is CCCOC/C=C\C(=O)OCC. The minimum Gasteiger partial charge on any atom is -0.463 e. The van der Waals surface area contributed by atoms with Gasteiger partial charge in [0, 0.05) is 12.7 Å². The molecule has 0 N–H and O–H groups in total. The third-order valence-corrected chi connectivity index (χ3v) is 1.10. The predicted octanol–water partition coefficient (Wildman–Crippen LogP) is 1.53. The Morgan fingerprint density at radius 2 is 2.17 bits per heavy atom. The maximum Gasteiger partial charge on any atom is 0.330 e. The summed E-state index contributed by atoms with van der Waals surface area (Å²) in [5, 5.41) is 0. The number of hydrogen-bond donors (Lipinski definition) is 0. The summed E-state index contributed by atoms with van der Waals surface area (Å²) in [7, 11) is 0. The fourth-order valence-corrected chi connectivity index (χ4v) is 0.630. The quantitative estimate of drug-likeness (QED) is 0.346. The van der Waals surface area contributed by atoms with Gasteiger partial charge < -0.3 is 9.47 Å². The number of carbonyl (C=O) groups is 1. The minimum atomic E-state index is -0.308. The van der Waals surface area contributed by atoms with Crippen molar-refractivity contribution < 1.29 is 14.3 Å². The van der Waals surface area contributed by atoms with Crippen LogP contribution in [0.2, 0.25) is 0 Å². The molecule has 0 aliphatic carbocycles. The van der Waals surface area contributed by atoms with Gasteiger partial charge in [0.25, 0.3) is 0 Å². The molecule has 0 aliphatic rings. The van der Waals surface area contributed by atoms with Crippen LogP contribution in [0.4, 0.5) is 0 Å². The molecular weight excluding hydrogens is 156 g/mol. The van der Waals surface area contributed by atoms with Gasteiger partial charge in [0.15, 0.2) is 0 Å². The van der Waals surface area contributed by atoms with Crippen LogP contribution < -0.4 is 0 Å². The average Bonchev–Trinajstić information content (AvgIpc) is 2.05. The van der Waals surface area contributed by atoms with Gasteiger partial charge in [-0.2, -0.15) is 0 Å². The molecule has 0 heterocycles. The number of carbonyl (C=O) groups excluding carboxylic acids is 1. The van der Waals surface area contributed by atoms with Crippen molar-refractivity contribution in [1.82, 2.24) is 0 Å². The Kier molecular flexibility index (Phi) is 7.70. The highest BCUT2D eigenvalue weighted by Gasteiger charge is 1.91. The van der Waals surface area contributed by atoms with Gasteiger partial charge >= 0.3 is 5.97 Å². The van der Waals surface area contributed by atoms with E-state index < -0.39 is 0 Å². The molecule has 0 spiro atoms. The summed E-state index contributed by atoms with van der Waals surface area (Å²) in [5.41, 5.74) is 0. The molecule has 0 fully saturated rings. The van der Waals surface area contributed by atoms with E-state index >= 15 is 0 Å². The van der Waals surface area contributed by atoms with Crippen molar-refractivity contribution in [1.29, 1.82) is 0 Å². The summed E-state index contributed by atoms with van der Waals surface area (Å²) in [4.78, 5) is 10.7. The van der Waals surface area contributed by atoms with Gasteiger partial charge in [-0.3, -0.25) is 0 Å². The van der Waals surface area contributed by atoms with Gasteiger partial charge in [0.2, 0.25) is 0 Å². The Bertz CT molecular complexity index is 141. The molecule has 70 valence electrons. The first-order chi connectivity index (χ1) is 5.81. The minimum absolute atomic E-state index is 0.308. The third kappa shape index (κ3) is 7.28. The molecule has 0 saturated carbocycles. The second kappa shape index (κ2) is 8.27. The predicted molar refractivity (Wildman–Crippen MR) is 46.9 cm³/mol. The maximum absolute atomic E-state index is 10.7. The van der Waals surface area contributed by atoms with Crippen LogP contribution in [0.3, 0.4) is 0 Å². The zero-order valence-electron chi connectivity index (χ0n) is 7.71. The molecule has 0 rings (SSSR count).